The van der Waals surface area contributed by atoms with Crippen molar-refractivity contribution in [1.82, 2.24) is 14.8 Å². The summed E-state index contributed by atoms with van der Waals surface area (Å²) in [6.07, 6.45) is 0. The van der Waals surface area contributed by atoms with E-state index in [9.17, 15) is 9.18 Å². The fourth-order valence-corrected chi connectivity index (χ4v) is 3.48. The van der Waals surface area contributed by atoms with Crippen molar-refractivity contribution in [2.75, 3.05) is 5.32 Å². The third-order valence-electron chi connectivity index (χ3n) is 4.23. The van der Waals surface area contributed by atoms with Crippen LogP contribution >= 0.6 is 11.8 Å². The molecule has 1 amide bonds. The molecule has 0 saturated carbocycles. The minimum Gasteiger partial charge on any atom is -0.325 e. The minimum absolute atomic E-state index is 0.0988. The highest BCUT2D eigenvalue weighted by Gasteiger charge is 2.20. The second kappa shape index (κ2) is 7.92. The van der Waals surface area contributed by atoms with Gasteiger partial charge in [-0.1, -0.05) is 29.5 Å². The van der Waals surface area contributed by atoms with Gasteiger partial charge in [-0.05, 0) is 56.7 Å². The van der Waals surface area contributed by atoms with Crippen molar-refractivity contribution in [3.63, 3.8) is 0 Å². The average molecular weight is 384 g/mol. The molecule has 1 heterocycles. The summed E-state index contributed by atoms with van der Waals surface area (Å²) in [4.78, 5) is 12.5. The van der Waals surface area contributed by atoms with E-state index in [-0.39, 0.29) is 17.0 Å². The third kappa shape index (κ3) is 4.36. The second-order valence-electron chi connectivity index (χ2n) is 6.44. The van der Waals surface area contributed by atoms with Crippen molar-refractivity contribution in [3.8, 4) is 11.4 Å². The Morgan fingerprint density at radius 2 is 1.85 bits per heavy atom. The van der Waals surface area contributed by atoms with E-state index in [1.807, 2.05) is 46.0 Å². The number of anilines is 1. The zero-order chi connectivity index (χ0) is 19.6. The molecule has 0 bridgehead atoms. The summed E-state index contributed by atoms with van der Waals surface area (Å²) >= 11 is 1.33. The van der Waals surface area contributed by atoms with Crippen molar-refractivity contribution in [2.45, 2.75) is 31.2 Å². The van der Waals surface area contributed by atoms with Gasteiger partial charge in [-0.15, -0.1) is 10.2 Å². The van der Waals surface area contributed by atoms with E-state index in [4.69, 9.17) is 0 Å². The number of nitrogens with one attached hydrogen (secondary N) is 1. The van der Waals surface area contributed by atoms with E-state index in [0.29, 0.717) is 11.0 Å². The maximum absolute atomic E-state index is 13.1. The summed E-state index contributed by atoms with van der Waals surface area (Å²) < 4.78 is 14.9. The Morgan fingerprint density at radius 3 is 2.52 bits per heavy atom. The fraction of sp³-hybridized carbons (Fsp3) is 0.250. The van der Waals surface area contributed by atoms with Crippen LogP contribution in [0.15, 0.2) is 47.6 Å². The van der Waals surface area contributed by atoms with Crippen LogP contribution in [0.2, 0.25) is 0 Å². The van der Waals surface area contributed by atoms with Crippen LogP contribution in [-0.2, 0) is 11.8 Å². The zero-order valence-electron chi connectivity index (χ0n) is 15.7. The van der Waals surface area contributed by atoms with E-state index >= 15 is 0 Å². The number of hydrogen-bond donors (Lipinski definition) is 1. The standard InChI is InChI=1S/C20H21FN4OS/c1-12-5-10-17(13(2)11-12)22-19(26)14(3)27-20-24-23-18(25(20)4)15-6-8-16(21)9-7-15/h5-11,14H,1-4H3,(H,22,26)/t14-/m0/s1. The molecule has 3 aromatic rings. The molecule has 0 saturated heterocycles. The molecule has 1 N–H and O–H groups in total. The zero-order valence-corrected chi connectivity index (χ0v) is 16.5. The first kappa shape index (κ1) is 19.1. The lowest BCUT2D eigenvalue weighted by Crippen LogP contribution is -2.23. The molecule has 0 aliphatic heterocycles. The Labute approximate surface area is 162 Å². The lowest BCUT2D eigenvalue weighted by Gasteiger charge is -2.13. The van der Waals surface area contributed by atoms with Gasteiger partial charge in [-0.2, -0.15) is 0 Å². The van der Waals surface area contributed by atoms with Crippen molar-refractivity contribution >= 4 is 23.4 Å². The van der Waals surface area contributed by atoms with E-state index < -0.39 is 0 Å². The van der Waals surface area contributed by atoms with Gasteiger partial charge in [0.1, 0.15) is 5.82 Å². The van der Waals surface area contributed by atoms with Crippen molar-refractivity contribution in [2.24, 2.45) is 7.05 Å². The highest BCUT2D eigenvalue weighted by molar-refractivity contribution is 8.00. The third-order valence-corrected chi connectivity index (χ3v) is 5.36. The maximum atomic E-state index is 13.1. The van der Waals surface area contributed by atoms with Gasteiger partial charge in [-0.25, -0.2) is 4.39 Å². The number of aryl methyl sites for hydroxylation is 2. The predicted octanol–water partition coefficient (Wildman–Crippen LogP) is 4.36. The molecule has 3 rings (SSSR count). The smallest absolute Gasteiger partial charge is 0.237 e. The molecule has 0 radical (unpaired) electrons. The molecule has 0 unspecified atom stereocenters. The molecule has 0 aliphatic rings. The maximum Gasteiger partial charge on any atom is 0.237 e. The molecule has 2 aromatic carbocycles. The van der Waals surface area contributed by atoms with Gasteiger partial charge in [0.25, 0.3) is 0 Å². The summed E-state index contributed by atoms with van der Waals surface area (Å²) in [5.41, 5.74) is 3.76. The number of aromatic nitrogens is 3. The van der Waals surface area contributed by atoms with Gasteiger partial charge in [0.05, 0.1) is 5.25 Å². The lowest BCUT2D eigenvalue weighted by molar-refractivity contribution is -0.115. The minimum atomic E-state index is -0.352. The molecule has 7 heteroatoms. The number of amides is 1. The van der Waals surface area contributed by atoms with Crippen molar-refractivity contribution in [3.05, 3.63) is 59.4 Å². The second-order valence-corrected chi connectivity index (χ2v) is 7.75. The van der Waals surface area contributed by atoms with Crippen LogP contribution in [0.25, 0.3) is 11.4 Å². The van der Waals surface area contributed by atoms with Crippen LogP contribution in [0.1, 0.15) is 18.1 Å². The first-order valence-corrected chi connectivity index (χ1v) is 9.43. The van der Waals surface area contributed by atoms with E-state index in [1.54, 1.807) is 16.7 Å². The number of nitrogens with zero attached hydrogens (tertiary/aromatic N) is 3. The number of halogens is 1. The summed E-state index contributed by atoms with van der Waals surface area (Å²) in [5.74, 6) is 0.227. The van der Waals surface area contributed by atoms with Gasteiger partial charge in [-0.3, -0.25) is 4.79 Å². The number of hydrogen-bond acceptors (Lipinski definition) is 4. The quantitative estimate of drug-likeness (QED) is 0.664. The lowest BCUT2D eigenvalue weighted by atomic mass is 10.1. The van der Waals surface area contributed by atoms with Gasteiger partial charge < -0.3 is 9.88 Å². The largest absolute Gasteiger partial charge is 0.325 e. The number of carbonyl (C=O) groups excluding carboxylic acids is 1. The number of benzene rings is 2. The molecule has 0 aliphatic carbocycles. The van der Waals surface area contributed by atoms with Gasteiger partial charge in [0.15, 0.2) is 11.0 Å². The molecular weight excluding hydrogens is 363 g/mol. The number of thioether (sulfide) groups is 1. The van der Waals surface area contributed by atoms with Crippen LogP contribution in [0.5, 0.6) is 0 Å². The van der Waals surface area contributed by atoms with Crippen LogP contribution in [0.4, 0.5) is 10.1 Å². The Balaban J connectivity index is 1.71. The van der Waals surface area contributed by atoms with Gasteiger partial charge in [0.2, 0.25) is 5.91 Å². The molecule has 5 nitrogen and oxygen atoms in total. The first-order valence-electron chi connectivity index (χ1n) is 8.55. The first-order chi connectivity index (χ1) is 12.8. The molecule has 1 atom stereocenters. The van der Waals surface area contributed by atoms with Crippen LogP contribution < -0.4 is 5.32 Å². The Hall–Kier alpha value is -2.67. The van der Waals surface area contributed by atoms with E-state index in [0.717, 1.165) is 22.4 Å². The Morgan fingerprint density at radius 1 is 1.15 bits per heavy atom. The molecule has 1 aromatic heterocycles. The van der Waals surface area contributed by atoms with Crippen molar-refractivity contribution < 1.29 is 9.18 Å². The van der Waals surface area contributed by atoms with Gasteiger partial charge in [0, 0.05) is 18.3 Å². The molecule has 140 valence electrons. The fourth-order valence-electron chi connectivity index (χ4n) is 2.67. The molecule has 0 fully saturated rings. The summed E-state index contributed by atoms with van der Waals surface area (Å²) in [7, 11) is 1.83. The highest BCUT2D eigenvalue weighted by Crippen LogP contribution is 2.27. The number of rotatable bonds is 5. The molecular formula is C20H21FN4OS. The van der Waals surface area contributed by atoms with Crippen LogP contribution in [0, 0.1) is 19.7 Å². The Bertz CT molecular complexity index is 969. The van der Waals surface area contributed by atoms with E-state index in [2.05, 4.69) is 15.5 Å². The van der Waals surface area contributed by atoms with Crippen molar-refractivity contribution in [1.29, 1.82) is 0 Å². The van der Waals surface area contributed by atoms with Gasteiger partial charge >= 0.3 is 0 Å². The summed E-state index contributed by atoms with van der Waals surface area (Å²) in [6.45, 7) is 5.82. The van der Waals surface area contributed by atoms with E-state index in [1.165, 1.54) is 23.9 Å². The normalized spacial score (nSPS) is 12.0. The highest BCUT2D eigenvalue weighted by atomic mass is 32.2. The topological polar surface area (TPSA) is 59.8 Å². The van der Waals surface area contributed by atoms with Crippen LogP contribution in [0.3, 0.4) is 0 Å². The molecule has 27 heavy (non-hydrogen) atoms. The average Bonchev–Trinajstić information content (AvgIpc) is 2.98. The molecule has 0 spiro atoms. The summed E-state index contributed by atoms with van der Waals surface area (Å²) in [5, 5.41) is 11.6. The Kier molecular flexibility index (Phi) is 5.60. The predicted molar refractivity (Wildman–Crippen MR) is 106 cm³/mol. The summed E-state index contributed by atoms with van der Waals surface area (Å²) in [6, 6.07) is 12.0. The SMILES string of the molecule is Cc1ccc(NC(=O)[C@H](C)Sc2nnc(-c3ccc(F)cc3)n2C)c(C)c1. The monoisotopic (exact) mass is 384 g/mol. The number of carbonyl (C=O) groups is 1. The van der Waals surface area contributed by atoms with Crippen LogP contribution in [-0.4, -0.2) is 25.9 Å².